The van der Waals surface area contributed by atoms with Gasteiger partial charge in [0.25, 0.3) is 0 Å². The Balaban J connectivity index is 2.01. The lowest BCUT2D eigenvalue weighted by Crippen LogP contribution is -2.29. The van der Waals surface area contributed by atoms with E-state index in [1.807, 2.05) is 25.1 Å². The highest BCUT2D eigenvalue weighted by Crippen LogP contribution is 2.12. The first-order valence-corrected chi connectivity index (χ1v) is 6.98. The van der Waals surface area contributed by atoms with E-state index in [9.17, 15) is 4.79 Å². The molecule has 0 fully saturated rings. The van der Waals surface area contributed by atoms with Crippen molar-refractivity contribution in [3.8, 4) is 0 Å². The van der Waals surface area contributed by atoms with E-state index in [1.54, 1.807) is 30.5 Å². The van der Waals surface area contributed by atoms with Crippen LogP contribution in [-0.4, -0.2) is 28.8 Å². The van der Waals surface area contributed by atoms with Gasteiger partial charge in [0.2, 0.25) is 0 Å². The highest BCUT2D eigenvalue weighted by Gasteiger charge is 2.12. The number of pyridine rings is 1. The summed E-state index contributed by atoms with van der Waals surface area (Å²) < 4.78 is 0. The lowest BCUT2D eigenvalue weighted by Gasteiger charge is -2.19. The molecule has 0 bridgehead atoms. The van der Waals surface area contributed by atoms with Gasteiger partial charge in [-0.2, -0.15) is 0 Å². The molecule has 104 valence electrons. The van der Waals surface area contributed by atoms with Crippen LogP contribution < -0.4 is 0 Å². The Morgan fingerprint density at radius 2 is 2.10 bits per heavy atom. The molecular formula is C16H17ClN2O. The average Bonchev–Trinajstić information content (AvgIpc) is 2.47. The minimum atomic E-state index is 0.0743. The molecule has 20 heavy (non-hydrogen) atoms. The second kappa shape index (κ2) is 7.17. The van der Waals surface area contributed by atoms with E-state index in [-0.39, 0.29) is 5.78 Å². The van der Waals surface area contributed by atoms with Crippen molar-refractivity contribution in [1.29, 1.82) is 0 Å². The Hall–Kier alpha value is -1.71. The Bertz CT molecular complexity index is 572. The average molecular weight is 289 g/mol. The van der Waals surface area contributed by atoms with Crippen molar-refractivity contribution in [2.75, 3.05) is 13.1 Å². The van der Waals surface area contributed by atoms with E-state index in [4.69, 9.17) is 11.6 Å². The first-order chi connectivity index (χ1) is 9.69. The van der Waals surface area contributed by atoms with Crippen molar-refractivity contribution in [3.63, 3.8) is 0 Å². The predicted octanol–water partition coefficient (Wildman–Crippen LogP) is 3.44. The maximum absolute atomic E-state index is 12.2. The van der Waals surface area contributed by atoms with E-state index in [0.717, 1.165) is 12.2 Å². The highest BCUT2D eigenvalue weighted by molar-refractivity contribution is 6.31. The number of nitrogens with zero attached hydrogens (tertiary/aromatic N) is 2. The molecule has 0 unspecified atom stereocenters. The lowest BCUT2D eigenvalue weighted by atomic mass is 10.1. The summed E-state index contributed by atoms with van der Waals surface area (Å²) >= 11 is 5.91. The summed E-state index contributed by atoms with van der Waals surface area (Å²) in [5, 5.41) is 0.587. The van der Waals surface area contributed by atoms with Gasteiger partial charge in [-0.25, -0.2) is 0 Å². The number of carbonyl (C=O) groups excluding carboxylic acids is 1. The van der Waals surface area contributed by atoms with Crippen LogP contribution >= 0.6 is 11.6 Å². The molecule has 0 saturated carbocycles. The monoisotopic (exact) mass is 288 g/mol. The van der Waals surface area contributed by atoms with Crippen LogP contribution in [0.2, 0.25) is 5.02 Å². The normalized spacial score (nSPS) is 10.8. The van der Waals surface area contributed by atoms with Crippen LogP contribution in [0.25, 0.3) is 0 Å². The molecule has 0 amide bonds. The third-order valence-electron chi connectivity index (χ3n) is 3.07. The van der Waals surface area contributed by atoms with Crippen molar-refractivity contribution < 1.29 is 4.79 Å². The number of carbonyl (C=O) groups is 1. The Kier molecular flexibility index (Phi) is 5.27. The molecule has 0 N–H and O–H groups in total. The van der Waals surface area contributed by atoms with Gasteiger partial charge >= 0.3 is 0 Å². The molecule has 3 nitrogen and oxygen atoms in total. The minimum Gasteiger partial charge on any atom is -0.293 e. The Morgan fingerprint density at radius 1 is 1.25 bits per heavy atom. The summed E-state index contributed by atoms with van der Waals surface area (Å²) in [4.78, 5) is 18.6. The topological polar surface area (TPSA) is 33.2 Å². The van der Waals surface area contributed by atoms with E-state index in [0.29, 0.717) is 23.7 Å². The van der Waals surface area contributed by atoms with Crippen LogP contribution in [0.15, 0.2) is 48.7 Å². The van der Waals surface area contributed by atoms with Gasteiger partial charge in [-0.05, 0) is 30.8 Å². The summed E-state index contributed by atoms with van der Waals surface area (Å²) in [6.07, 6.45) is 1.77. The Morgan fingerprint density at radius 3 is 2.75 bits per heavy atom. The van der Waals surface area contributed by atoms with Crippen molar-refractivity contribution in [1.82, 2.24) is 9.88 Å². The summed E-state index contributed by atoms with van der Waals surface area (Å²) in [6.45, 7) is 3.87. The molecule has 1 aromatic carbocycles. The van der Waals surface area contributed by atoms with Crippen LogP contribution in [-0.2, 0) is 6.54 Å². The van der Waals surface area contributed by atoms with Crippen molar-refractivity contribution in [2.45, 2.75) is 13.5 Å². The summed E-state index contributed by atoms with van der Waals surface area (Å²) in [6, 6.07) is 12.9. The number of benzene rings is 1. The molecule has 0 aliphatic carbocycles. The highest BCUT2D eigenvalue weighted by atomic mass is 35.5. The molecule has 4 heteroatoms. The zero-order valence-electron chi connectivity index (χ0n) is 11.4. The van der Waals surface area contributed by atoms with Crippen LogP contribution in [0, 0.1) is 0 Å². The van der Waals surface area contributed by atoms with Gasteiger partial charge in [-0.3, -0.25) is 14.7 Å². The summed E-state index contributed by atoms with van der Waals surface area (Å²) in [5.74, 6) is 0.0743. The smallest absolute Gasteiger partial charge is 0.176 e. The molecule has 0 aliphatic heterocycles. The van der Waals surface area contributed by atoms with Gasteiger partial charge in [-0.15, -0.1) is 0 Å². The van der Waals surface area contributed by atoms with Gasteiger partial charge in [0, 0.05) is 23.3 Å². The minimum absolute atomic E-state index is 0.0743. The van der Waals surface area contributed by atoms with E-state index in [1.165, 1.54) is 0 Å². The van der Waals surface area contributed by atoms with Gasteiger partial charge < -0.3 is 0 Å². The molecule has 0 saturated heterocycles. The number of rotatable bonds is 6. The third-order valence-corrected chi connectivity index (χ3v) is 3.31. The quantitative estimate of drug-likeness (QED) is 0.764. The standard InChI is InChI=1S/C16H17ClN2O/c1-2-19(11-15-8-3-4-9-18-15)12-16(20)13-6-5-7-14(17)10-13/h3-10H,2,11-12H2,1H3. The number of likely N-dealkylation sites (N-methyl/N-ethyl adjacent to an activating group) is 1. The third kappa shape index (κ3) is 4.15. The second-order valence-electron chi connectivity index (χ2n) is 4.56. The Labute approximate surface area is 124 Å². The lowest BCUT2D eigenvalue weighted by molar-refractivity contribution is 0.0929. The first-order valence-electron chi connectivity index (χ1n) is 6.60. The van der Waals surface area contributed by atoms with Gasteiger partial charge in [0.1, 0.15) is 0 Å². The van der Waals surface area contributed by atoms with Crippen LogP contribution in [0.1, 0.15) is 23.0 Å². The number of aromatic nitrogens is 1. The molecule has 0 atom stereocenters. The fourth-order valence-corrected chi connectivity index (χ4v) is 2.15. The van der Waals surface area contributed by atoms with Crippen molar-refractivity contribution in [2.24, 2.45) is 0 Å². The molecular weight excluding hydrogens is 272 g/mol. The van der Waals surface area contributed by atoms with Crippen LogP contribution in [0.5, 0.6) is 0 Å². The summed E-state index contributed by atoms with van der Waals surface area (Å²) in [7, 11) is 0. The van der Waals surface area contributed by atoms with Crippen molar-refractivity contribution in [3.05, 3.63) is 64.9 Å². The second-order valence-corrected chi connectivity index (χ2v) is 4.99. The molecule has 2 rings (SSSR count). The molecule has 2 aromatic rings. The molecule has 1 aromatic heterocycles. The number of hydrogen-bond acceptors (Lipinski definition) is 3. The summed E-state index contributed by atoms with van der Waals surface area (Å²) in [5.41, 5.74) is 1.62. The number of ketones is 1. The predicted molar refractivity (Wildman–Crippen MR) is 81.0 cm³/mol. The van der Waals surface area contributed by atoms with Gasteiger partial charge in [0.15, 0.2) is 5.78 Å². The van der Waals surface area contributed by atoms with Crippen LogP contribution in [0.3, 0.4) is 0 Å². The zero-order chi connectivity index (χ0) is 14.4. The van der Waals surface area contributed by atoms with Gasteiger partial charge in [0.05, 0.1) is 12.2 Å². The number of Topliss-reactive ketones (excluding diaryl/α,β-unsaturated/α-hetero) is 1. The maximum Gasteiger partial charge on any atom is 0.176 e. The van der Waals surface area contributed by atoms with Crippen LogP contribution in [0.4, 0.5) is 0 Å². The fourth-order valence-electron chi connectivity index (χ4n) is 1.96. The maximum atomic E-state index is 12.2. The fraction of sp³-hybridized carbons (Fsp3) is 0.250. The van der Waals surface area contributed by atoms with E-state index >= 15 is 0 Å². The first kappa shape index (κ1) is 14.7. The van der Waals surface area contributed by atoms with E-state index < -0.39 is 0 Å². The number of hydrogen-bond donors (Lipinski definition) is 0. The zero-order valence-corrected chi connectivity index (χ0v) is 12.2. The van der Waals surface area contributed by atoms with E-state index in [2.05, 4.69) is 9.88 Å². The van der Waals surface area contributed by atoms with Gasteiger partial charge in [-0.1, -0.05) is 36.7 Å². The molecule has 0 radical (unpaired) electrons. The SMILES string of the molecule is CCN(CC(=O)c1cccc(Cl)c1)Cc1ccccn1. The molecule has 1 heterocycles. The molecule has 0 aliphatic rings. The molecule has 0 spiro atoms. The largest absolute Gasteiger partial charge is 0.293 e. The number of halogens is 1. The van der Waals surface area contributed by atoms with Crippen molar-refractivity contribution >= 4 is 17.4 Å².